The maximum atomic E-state index is 6.23. The second-order valence-electron chi connectivity index (χ2n) is 4.30. The molecule has 1 aromatic carbocycles. The van der Waals surface area contributed by atoms with E-state index in [2.05, 4.69) is 25.1 Å². The molecule has 2 atom stereocenters. The molecule has 18 heavy (non-hydrogen) atoms. The Hall–Kier alpha value is -0.680. The lowest BCUT2D eigenvalue weighted by Gasteiger charge is -2.22. The van der Waals surface area contributed by atoms with Crippen LogP contribution in [0.5, 0.6) is 0 Å². The predicted molar refractivity (Wildman–Crippen MR) is 80.2 cm³/mol. The molecule has 0 saturated heterocycles. The van der Waals surface area contributed by atoms with Gasteiger partial charge in [-0.15, -0.1) is 6.42 Å². The van der Waals surface area contributed by atoms with Crippen LogP contribution in [0.15, 0.2) is 18.2 Å². The van der Waals surface area contributed by atoms with Crippen molar-refractivity contribution in [2.75, 3.05) is 0 Å². The SMILES string of the molecule is C#CC(CCC)NC(CC)c1ccc(Cl)cc1Cl. The first-order valence-corrected chi connectivity index (χ1v) is 7.05. The third-order valence-corrected chi connectivity index (χ3v) is 3.49. The maximum Gasteiger partial charge on any atom is 0.0691 e. The minimum atomic E-state index is 0.0895. The quantitative estimate of drug-likeness (QED) is 0.737. The molecule has 0 fully saturated rings. The van der Waals surface area contributed by atoms with Gasteiger partial charge in [-0.1, -0.05) is 55.5 Å². The van der Waals surface area contributed by atoms with Crippen LogP contribution in [0.1, 0.15) is 44.7 Å². The van der Waals surface area contributed by atoms with Crippen molar-refractivity contribution in [3.05, 3.63) is 33.8 Å². The molecule has 1 rings (SSSR count). The molecule has 98 valence electrons. The van der Waals surface area contributed by atoms with Crippen molar-refractivity contribution in [1.82, 2.24) is 5.32 Å². The molecular weight excluding hydrogens is 265 g/mol. The standard InChI is InChI=1S/C15H19Cl2N/c1-4-7-12(5-2)18-15(6-3)13-9-8-11(16)10-14(13)17/h2,8-10,12,15,18H,4,6-7H2,1,3H3. The van der Waals surface area contributed by atoms with Crippen LogP contribution in [-0.4, -0.2) is 6.04 Å². The van der Waals surface area contributed by atoms with Crippen molar-refractivity contribution >= 4 is 23.2 Å². The Morgan fingerprint density at radius 1 is 1.33 bits per heavy atom. The predicted octanol–water partition coefficient (Wildman–Crippen LogP) is 4.84. The molecule has 0 radical (unpaired) electrons. The van der Waals surface area contributed by atoms with Gasteiger partial charge in [0.2, 0.25) is 0 Å². The first kappa shape index (κ1) is 15.4. The minimum Gasteiger partial charge on any atom is -0.297 e. The lowest BCUT2D eigenvalue weighted by atomic mass is 10.0. The van der Waals surface area contributed by atoms with Gasteiger partial charge in [0.15, 0.2) is 0 Å². The average molecular weight is 284 g/mol. The van der Waals surface area contributed by atoms with Crippen molar-refractivity contribution in [2.45, 2.75) is 45.2 Å². The van der Waals surface area contributed by atoms with Crippen molar-refractivity contribution in [3.8, 4) is 12.3 Å². The molecule has 0 aliphatic rings. The van der Waals surface area contributed by atoms with Gasteiger partial charge in [0, 0.05) is 16.1 Å². The zero-order chi connectivity index (χ0) is 13.5. The molecule has 0 amide bonds. The van der Waals surface area contributed by atoms with Crippen LogP contribution in [0.2, 0.25) is 10.0 Å². The largest absolute Gasteiger partial charge is 0.297 e. The van der Waals surface area contributed by atoms with Crippen LogP contribution < -0.4 is 5.32 Å². The second kappa shape index (κ2) is 7.69. The maximum absolute atomic E-state index is 6.23. The number of hydrogen-bond donors (Lipinski definition) is 1. The molecule has 2 unspecified atom stereocenters. The summed E-state index contributed by atoms with van der Waals surface area (Å²) in [5.41, 5.74) is 1.06. The van der Waals surface area contributed by atoms with Crippen LogP contribution in [-0.2, 0) is 0 Å². The average Bonchev–Trinajstić information content (AvgIpc) is 2.35. The Labute approximate surface area is 120 Å². The normalized spacial score (nSPS) is 13.9. The van der Waals surface area contributed by atoms with Gasteiger partial charge in [-0.3, -0.25) is 5.32 Å². The number of hydrogen-bond acceptors (Lipinski definition) is 1. The van der Waals surface area contributed by atoms with Crippen LogP contribution in [0, 0.1) is 12.3 Å². The van der Waals surface area contributed by atoms with Crippen LogP contribution in [0.3, 0.4) is 0 Å². The van der Waals surface area contributed by atoms with Crippen LogP contribution in [0.4, 0.5) is 0 Å². The molecule has 1 nitrogen and oxygen atoms in total. The Morgan fingerprint density at radius 3 is 2.56 bits per heavy atom. The zero-order valence-electron chi connectivity index (χ0n) is 10.8. The fourth-order valence-electron chi connectivity index (χ4n) is 1.96. The van der Waals surface area contributed by atoms with E-state index in [1.54, 1.807) is 6.07 Å². The fraction of sp³-hybridized carbons (Fsp3) is 0.467. The summed E-state index contributed by atoms with van der Waals surface area (Å²) in [6.45, 7) is 4.24. The molecule has 0 aliphatic carbocycles. The summed E-state index contributed by atoms with van der Waals surface area (Å²) in [4.78, 5) is 0. The summed E-state index contributed by atoms with van der Waals surface area (Å²) in [6.07, 6.45) is 8.50. The van der Waals surface area contributed by atoms with Crippen molar-refractivity contribution in [1.29, 1.82) is 0 Å². The third-order valence-electron chi connectivity index (χ3n) is 2.93. The fourth-order valence-corrected chi connectivity index (χ4v) is 2.50. The number of nitrogens with one attached hydrogen (secondary N) is 1. The van der Waals surface area contributed by atoms with E-state index in [4.69, 9.17) is 29.6 Å². The molecule has 0 spiro atoms. The molecule has 1 aromatic rings. The van der Waals surface area contributed by atoms with Gasteiger partial charge in [0.25, 0.3) is 0 Å². The van der Waals surface area contributed by atoms with E-state index in [1.165, 1.54) is 0 Å². The molecule has 3 heteroatoms. The molecule has 1 N–H and O–H groups in total. The van der Waals surface area contributed by atoms with Gasteiger partial charge in [-0.25, -0.2) is 0 Å². The number of rotatable bonds is 6. The zero-order valence-corrected chi connectivity index (χ0v) is 12.4. The highest BCUT2D eigenvalue weighted by Crippen LogP contribution is 2.28. The van der Waals surface area contributed by atoms with Gasteiger partial charge < -0.3 is 0 Å². The molecular formula is C15H19Cl2N. The Morgan fingerprint density at radius 2 is 2.06 bits per heavy atom. The van der Waals surface area contributed by atoms with Gasteiger partial charge in [-0.05, 0) is 30.5 Å². The first-order valence-electron chi connectivity index (χ1n) is 6.29. The summed E-state index contributed by atoms with van der Waals surface area (Å²) in [6, 6.07) is 5.85. The van der Waals surface area contributed by atoms with Gasteiger partial charge in [0.05, 0.1) is 6.04 Å². The number of terminal acetylenes is 1. The third kappa shape index (κ3) is 4.21. The van der Waals surface area contributed by atoms with Crippen molar-refractivity contribution < 1.29 is 0 Å². The van der Waals surface area contributed by atoms with E-state index < -0.39 is 0 Å². The molecule has 0 saturated carbocycles. The monoisotopic (exact) mass is 283 g/mol. The minimum absolute atomic E-state index is 0.0895. The van der Waals surface area contributed by atoms with Gasteiger partial charge in [0.1, 0.15) is 0 Å². The highest BCUT2D eigenvalue weighted by molar-refractivity contribution is 6.35. The first-order chi connectivity index (χ1) is 8.62. The van der Waals surface area contributed by atoms with Crippen LogP contribution in [0.25, 0.3) is 0 Å². The number of benzene rings is 1. The topological polar surface area (TPSA) is 12.0 Å². The van der Waals surface area contributed by atoms with E-state index in [1.807, 2.05) is 12.1 Å². The van der Waals surface area contributed by atoms with Crippen LogP contribution >= 0.6 is 23.2 Å². The van der Waals surface area contributed by atoms with Crippen molar-refractivity contribution in [3.63, 3.8) is 0 Å². The van der Waals surface area contributed by atoms with Gasteiger partial charge >= 0.3 is 0 Å². The van der Waals surface area contributed by atoms with E-state index in [-0.39, 0.29) is 12.1 Å². The summed E-state index contributed by atoms with van der Waals surface area (Å²) >= 11 is 12.1. The van der Waals surface area contributed by atoms with Crippen molar-refractivity contribution in [2.24, 2.45) is 0 Å². The van der Waals surface area contributed by atoms with E-state index >= 15 is 0 Å². The summed E-state index contributed by atoms with van der Waals surface area (Å²) < 4.78 is 0. The van der Waals surface area contributed by atoms with E-state index in [9.17, 15) is 0 Å². The Balaban J connectivity index is 2.86. The lowest BCUT2D eigenvalue weighted by Crippen LogP contribution is -2.31. The highest BCUT2D eigenvalue weighted by Gasteiger charge is 2.16. The smallest absolute Gasteiger partial charge is 0.0691 e. The summed E-state index contributed by atoms with van der Waals surface area (Å²) in [7, 11) is 0. The molecule has 0 aromatic heterocycles. The Kier molecular flexibility index (Phi) is 6.57. The highest BCUT2D eigenvalue weighted by atomic mass is 35.5. The van der Waals surface area contributed by atoms with Gasteiger partial charge in [-0.2, -0.15) is 0 Å². The lowest BCUT2D eigenvalue weighted by molar-refractivity contribution is 0.460. The second-order valence-corrected chi connectivity index (χ2v) is 5.14. The number of halogens is 2. The summed E-state index contributed by atoms with van der Waals surface area (Å²) in [5, 5.41) is 4.81. The molecule has 0 aliphatic heterocycles. The Bertz CT molecular complexity index is 423. The summed E-state index contributed by atoms with van der Waals surface area (Å²) in [5.74, 6) is 2.79. The molecule has 0 heterocycles. The van der Waals surface area contributed by atoms with E-state index in [0.717, 1.165) is 24.8 Å². The van der Waals surface area contributed by atoms with E-state index in [0.29, 0.717) is 10.0 Å². The molecule has 0 bridgehead atoms.